The van der Waals surface area contributed by atoms with Crippen LogP contribution in [0, 0.1) is 5.82 Å². The molecular formula is C26H27Cl2FN4O. The summed E-state index contributed by atoms with van der Waals surface area (Å²) in [6.07, 6.45) is 7.50. The number of nitrogens with zero attached hydrogens (tertiary/aromatic N) is 3. The van der Waals surface area contributed by atoms with E-state index in [-0.39, 0.29) is 23.8 Å². The van der Waals surface area contributed by atoms with Crippen LogP contribution in [0.2, 0.25) is 10.0 Å². The van der Waals surface area contributed by atoms with E-state index in [2.05, 4.69) is 10.3 Å². The summed E-state index contributed by atoms with van der Waals surface area (Å²) in [5.74, 6) is -0.185. The summed E-state index contributed by atoms with van der Waals surface area (Å²) in [5.41, 5.74) is 3.80. The van der Waals surface area contributed by atoms with Gasteiger partial charge in [-0.05, 0) is 73.7 Å². The summed E-state index contributed by atoms with van der Waals surface area (Å²) >= 11 is 12.5. The molecule has 1 fully saturated rings. The molecule has 1 N–H and O–H groups in total. The number of amides is 1. The van der Waals surface area contributed by atoms with Crippen LogP contribution in [-0.2, 0) is 4.79 Å². The van der Waals surface area contributed by atoms with Gasteiger partial charge in [0.25, 0.3) is 0 Å². The van der Waals surface area contributed by atoms with Crippen molar-refractivity contribution in [1.29, 1.82) is 0 Å². The second-order valence-electron chi connectivity index (χ2n) is 9.09. The third-order valence-corrected chi connectivity index (χ3v) is 7.52. The van der Waals surface area contributed by atoms with Crippen LogP contribution in [0.15, 0.2) is 42.7 Å². The molecule has 1 saturated heterocycles. The minimum absolute atomic E-state index is 0.0759. The van der Waals surface area contributed by atoms with Gasteiger partial charge in [-0.3, -0.25) is 4.79 Å². The van der Waals surface area contributed by atoms with Gasteiger partial charge in [0.15, 0.2) is 5.82 Å². The molecule has 1 amide bonds. The number of carbonyl (C=O) groups excluding carboxylic acids is 1. The van der Waals surface area contributed by atoms with Crippen molar-refractivity contribution in [3.05, 3.63) is 69.7 Å². The number of hydrogen-bond donors (Lipinski definition) is 1. The minimum atomic E-state index is -0.355. The summed E-state index contributed by atoms with van der Waals surface area (Å²) in [6, 6.07) is 8.70. The molecule has 5 rings (SSSR count). The number of halogens is 3. The number of imidazole rings is 1. The molecule has 34 heavy (non-hydrogen) atoms. The van der Waals surface area contributed by atoms with E-state index in [4.69, 9.17) is 23.2 Å². The van der Waals surface area contributed by atoms with Crippen molar-refractivity contribution in [2.24, 2.45) is 0 Å². The number of carbonyl (C=O) groups is 1. The number of benzene rings is 2. The van der Waals surface area contributed by atoms with Crippen molar-refractivity contribution in [3.63, 3.8) is 0 Å². The van der Waals surface area contributed by atoms with Crippen LogP contribution in [-0.4, -0.2) is 46.0 Å². The Bertz CT molecular complexity index is 1270. The van der Waals surface area contributed by atoms with E-state index in [9.17, 15) is 4.79 Å². The summed E-state index contributed by atoms with van der Waals surface area (Å²) in [5, 5.41) is 4.46. The van der Waals surface area contributed by atoms with E-state index < -0.39 is 0 Å². The highest BCUT2D eigenvalue weighted by Gasteiger charge is 2.27. The monoisotopic (exact) mass is 500 g/mol. The highest BCUT2D eigenvalue weighted by molar-refractivity contribution is 6.35. The predicted molar refractivity (Wildman–Crippen MR) is 135 cm³/mol. The zero-order chi connectivity index (χ0) is 23.8. The first-order valence-corrected chi connectivity index (χ1v) is 12.5. The fraction of sp³-hybridized carbons (Fsp3) is 0.385. The Kier molecular flexibility index (Phi) is 6.65. The molecular weight excluding hydrogens is 474 g/mol. The molecule has 3 heterocycles. The fourth-order valence-electron chi connectivity index (χ4n) is 4.99. The van der Waals surface area contributed by atoms with E-state index in [1.807, 2.05) is 34.6 Å². The molecule has 2 aromatic carbocycles. The quantitative estimate of drug-likeness (QED) is 0.488. The van der Waals surface area contributed by atoms with Gasteiger partial charge < -0.3 is 14.8 Å². The molecule has 5 nitrogen and oxygen atoms in total. The predicted octanol–water partition coefficient (Wildman–Crippen LogP) is 5.85. The maximum absolute atomic E-state index is 15.0. The van der Waals surface area contributed by atoms with Crippen molar-refractivity contribution in [1.82, 2.24) is 19.8 Å². The van der Waals surface area contributed by atoms with Gasteiger partial charge in [0.2, 0.25) is 5.91 Å². The zero-order valence-corrected chi connectivity index (χ0v) is 20.5. The Morgan fingerprint density at radius 1 is 1.24 bits per heavy atom. The van der Waals surface area contributed by atoms with Crippen molar-refractivity contribution < 1.29 is 9.18 Å². The summed E-state index contributed by atoms with van der Waals surface area (Å²) in [6.45, 7) is 4.09. The van der Waals surface area contributed by atoms with E-state index in [0.29, 0.717) is 40.6 Å². The molecule has 2 aliphatic heterocycles. The number of aromatic nitrogens is 2. The van der Waals surface area contributed by atoms with E-state index >= 15 is 4.39 Å². The highest BCUT2D eigenvalue weighted by atomic mass is 35.5. The molecule has 0 bridgehead atoms. The van der Waals surface area contributed by atoms with Crippen LogP contribution in [0.3, 0.4) is 0 Å². The average Bonchev–Trinajstić information content (AvgIpc) is 3.28. The lowest BCUT2D eigenvalue weighted by Crippen LogP contribution is -2.49. The Morgan fingerprint density at radius 3 is 2.79 bits per heavy atom. The number of fused-ring (bicyclic) bond motifs is 1. The molecule has 1 aromatic heterocycles. The van der Waals surface area contributed by atoms with Gasteiger partial charge in [0.05, 0.1) is 23.9 Å². The average molecular weight is 501 g/mol. The van der Waals surface area contributed by atoms with Gasteiger partial charge in [0.1, 0.15) is 5.52 Å². The summed E-state index contributed by atoms with van der Waals surface area (Å²) in [4.78, 5) is 19.1. The minimum Gasteiger partial charge on any atom is -0.337 e. The van der Waals surface area contributed by atoms with Crippen LogP contribution in [0.25, 0.3) is 16.6 Å². The molecule has 0 radical (unpaired) electrons. The molecule has 2 aliphatic rings. The highest BCUT2D eigenvalue weighted by Crippen LogP contribution is 2.33. The van der Waals surface area contributed by atoms with Crippen molar-refractivity contribution in [2.75, 3.05) is 19.6 Å². The van der Waals surface area contributed by atoms with E-state index in [1.54, 1.807) is 24.5 Å². The largest absolute Gasteiger partial charge is 0.337 e. The van der Waals surface area contributed by atoms with Gasteiger partial charge >= 0.3 is 0 Å². The van der Waals surface area contributed by atoms with Gasteiger partial charge in [-0.25, -0.2) is 9.37 Å². The summed E-state index contributed by atoms with van der Waals surface area (Å²) in [7, 11) is 0. The Labute approximate surface area is 208 Å². The smallest absolute Gasteiger partial charge is 0.239 e. The van der Waals surface area contributed by atoms with Crippen LogP contribution >= 0.6 is 23.2 Å². The first kappa shape index (κ1) is 23.3. The van der Waals surface area contributed by atoms with Crippen molar-refractivity contribution >= 4 is 45.7 Å². The SMILES string of the molecule is C[C@H](c1ccc(Cl)cc1Cl)n1cnc2c(F)cc(C3=CCN(C(=O)C4CCCCN4)CC3)cc21. The number of piperidine rings is 1. The maximum atomic E-state index is 15.0. The van der Waals surface area contributed by atoms with E-state index in [0.717, 1.165) is 42.5 Å². The third-order valence-electron chi connectivity index (χ3n) is 6.96. The Morgan fingerprint density at radius 2 is 2.09 bits per heavy atom. The molecule has 2 atom stereocenters. The summed E-state index contributed by atoms with van der Waals surface area (Å²) < 4.78 is 17.0. The van der Waals surface area contributed by atoms with E-state index in [1.165, 1.54) is 0 Å². The zero-order valence-electron chi connectivity index (χ0n) is 19.0. The lowest BCUT2D eigenvalue weighted by molar-refractivity contribution is -0.133. The molecule has 0 saturated carbocycles. The first-order valence-electron chi connectivity index (χ1n) is 11.7. The number of rotatable bonds is 4. The normalized spacial score (nSPS) is 19.8. The standard InChI is InChI=1S/C26H27Cl2FN4O/c1-16(20-6-5-19(27)14-21(20)28)33-15-31-25-22(29)12-18(13-24(25)33)17-7-10-32(11-8-17)26(34)23-4-2-3-9-30-23/h5-7,12-16,23,30H,2-4,8-11H2,1H3/t16-,23?/m1/s1. The van der Waals surface area contributed by atoms with Crippen LogP contribution < -0.4 is 5.32 Å². The molecule has 3 aromatic rings. The van der Waals surface area contributed by atoms with Crippen LogP contribution in [0.4, 0.5) is 4.39 Å². The molecule has 8 heteroatoms. The third kappa shape index (κ3) is 4.47. The van der Waals surface area contributed by atoms with Crippen molar-refractivity contribution in [2.45, 2.75) is 44.7 Å². The first-order chi connectivity index (χ1) is 16.4. The van der Waals surface area contributed by atoms with Gasteiger partial charge in [-0.1, -0.05) is 41.8 Å². The molecule has 0 spiro atoms. The number of nitrogens with one attached hydrogen (secondary N) is 1. The Hall–Kier alpha value is -2.41. The fourth-order valence-corrected chi connectivity index (χ4v) is 5.56. The second kappa shape index (κ2) is 9.68. The second-order valence-corrected chi connectivity index (χ2v) is 9.93. The maximum Gasteiger partial charge on any atom is 0.239 e. The molecule has 1 unspecified atom stereocenters. The lowest BCUT2D eigenvalue weighted by Gasteiger charge is -2.32. The Balaban J connectivity index is 1.41. The van der Waals surface area contributed by atoms with Gasteiger partial charge in [0, 0.05) is 23.1 Å². The van der Waals surface area contributed by atoms with Crippen molar-refractivity contribution in [3.8, 4) is 0 Å². The number of hydrogen-bond acceptors (Lipinski definition) is 3. The van der Waals surface area contributed by atoms with Gasteiger partial charge in [-0.15, -0.1) is 0 Å². The van der Waals surface area contributed by atoms with Crippen LogP contribution in [0.5, 0.6) is 0 Å². The van der Waals surface area contributed by atoms with Crippen LogP contribution in [0.1, 0.15) is 49.8 Å². The van der Waals surface area contributed by atoms with Gasteiger partial charge in [-0.2, -0.15) is 0 Å². The molecule has 0 aliphatic carbocycles. The lowest BCUT2D eigenvalue weighted by atomic mass is 9.97. The topological polar surface area (TPSA) is 50.2 Å². The molecule has 178 valence electrons.